The first-order valence-corrected chi connectivity index (χ1v) is 7.05. The van der Waals surface area contributed by atoms with Crippen LogP contribution in [0.3, 0.4) is 0 Å². The van der Waals surface area contributed by atoms with Crippen molar-refractivity contribution in [2.75, 3.05) is 26.2 Å². The number of hydrogen-bond acceptors (Lipinski definition) is 2. The normalized spacial score (nSPS) is 31.1. The summed E-state index contributed by atoms with van der Waals surface area (Å²) in [4.78, 5) is 2.77. The van der Waals surface area contributed by atoms with E-state index in [0.29, 0.717) is 5.41 Å². The first kappa shape index (κ1) is 12.4. The first-order chi connectivity index (χ1) is 7.61. The van der Waals surface area contributed by atoms with Crippen molar-refractivity contribution in [1.82, 2.24) is 10.2 Å². The Balaban J connectivity index is 1.92. The van der Waals surface area contributed by atoms with Gasteiger partial charge in [0.05, 0.1) is 0 Å². The highest BCUT2D eigenvalue weighted by molar-refractivity contribution is 4.89. The Hall–Kier alpha value is -0.0800. The lowest BCUT2D eigenvalue weighted by atomic mass is 9.80. The van der Waals surface area contributed by atoms with Crippen molar-refractivity contribution in [1.29, 1.82) is 0 Å². The molecule has 0 aromatic heterocycles. The Kier molecular flexibility index (Phi) is 3.91. The largest absolute Gasteiger partial charge is 0.317 e. The molecule has 2 rings (SSSR count). The first-order valence-electron chi connectivity index (χ1n) is 7.05. The molecule has 0 spiro atoms. The van der Waals surface area contributed by atoms with Crippen molar-refractivity contribution in [3.63, 3.8) is 0 Å². The van der Waals surface area contributed by atoms with Crippen LogP contribution < -0.4 is 5.32 Å². The molecular formula is C14H28N2. The summed E-state index contributed by atoms with van der Waals surface area (Å²) < 4.78 is 0. The maximum atomic E-state index is 3.48. The third kappa shape index (κ3) is 2.78. The van der Waals surface area contributed by atoms with Crippen molar-refractivity contribution < 1.29 is 0 Å². The van der Waals surface area contributed by atoms with E-state index < -0.39 is 0 Å². The van der Waals surface area contributed by atoms with Crippen LogP contribution in [-0.2, 0) is 0 Å². The number of nitrogens with zero attached hydrogens (tertiary/aromatic N) is 1. The molecule has 1 unspecified atom stereocenters. The summed E-state index contributed by atoms with van der Waals surface area (Å²) in [5.74, 6) is 0.827. The van der Waals surface area contributed by atoms with Gasteiger partial charge in [0.25, 0.3) is 0 Å². The molecule has 0 aromatic rings. The molecule has 2 aliphatic heterocycles. The van der Waals surface area contributed by atoms with Gasteiger partial charge in [-0.15, -0.1) is 0 Å². The highest BCUT2D eigenvalue weighted by Gasteiger charge is 2.34. The van der Waals surface area contributed by atoms with Crippen molar-refractivity contribution in [2.45, 2.75) is 52.5 Å². The van der Waals surface area contributed by atoms with E-state index in [-0.39, 0.29) is 0 Å². The zero-order valence-corrected chi connectivity index (χ0v) is 11.3. The van der Waals surface area contributed by atoms with Crippen LogP contribution in [0.5, 0.6) is 0 Å². The summed E-state index contributed by atoms with van der Waals surface area (Å²) in [6, 6.07) is 0.853. The lowest BCUT2D eigenvalue weighted by Gasteiger charge is -2.40. The van der Waals surface area contributed by atoms with Crippen LogP contribution >= 0.6 is 0 Å². The molecule has 0 aromatic carbocycles. The van der Waals surface area contributed by atoms with Gasteiger partial charge in [-0.1, -0.05) is 20.8 Å². The van der Waals surface area contributed by atoms with Gasteiger partial charge in [-0.2, -0.15) is 0 Å². The van der Waals surface area contributed by atoms with Crippen LogP contribution in [0.4, 0.5) is 0 Å². The molecule has 0 aliphatic carbocycles. The van der Waals surface area contributed by atoms with Gasteiger partial charge in [0.15, 0.2) is 0 Å². The monoisotopic (exact) mass is 224 g/mol. The van der Waals surface area contributed by atoms with E-state index in [0.717, 1.165) is 12.0 Å². The number of piperidine rings is 1. The van der Waals surface area contributed by atoms with Gasteiger partial charge < -0.3 is 5.32 Å². The Morgan fingerprint density at radius 2 is 2.00 bits per heavy atom. The molecule has 2 fully saturated rings. The van der Waals surface area contributed by atoms with E-state index in [4.69, 9.17) is 0 Å². The van der Waals surface area contributed by atoms with Crippen molar-refractivity contribution in [3.05, 3.63) is 0 Å². The highest BCUT2D eigenvalue weighted by Crippen LogP contribution is 2.33. The van der Waals surface area contributed by atoms with Gasteiger partial charge in [0.2, 0.25) is 0 Å². The summed E-state index contributed by atoms with van der Waals surface area (Å²) in [7, 11) is 0. The number of likely N-dealkylation sites (tertiary alicyclic amines) is 1. The molecule has 2 saturated heterocycles. The van der Waals surface area contributed by atoms with Gasteiger partial charge >= 0.3 is 0 Å². The van der Waals surface area contributed by atoms with Crippen molar-refractivity contribution in [3.8, 4) is 0 Å². The Bertz CT molecular complexity index is 219. The SMILES string of the molecule is CC(C)C1CCCN1CC1(C)CCNCC1. The minimum atomic E-state index is 0.572. The molecule has 0 saturated carbocycles. The maximum Gasteiger partial charge on any atom is 0.0119 e. The third-order valence-corrected chi connectivity index (χ3v) is 4.58. The average molecular weight is 224 g/mol. The molecule has 2 heteroatoms. The highest BCUT2D eigenvalue weighted by atomic mass is 15.2. The maximum absolute atomic E-state index is 3.48. The van der Waals surface area contributed by atoms with E-state index in [9.17, 15) is 0 Å². The van der Waals surface area contributed by atoms with Crippen LogP contribution in [0.1, 0.15) is 46.5 Å². The molecule has 0 amide bonds. The van der Waals surface area contributed by atoms with Crippen LogP contribution in [0.25, 0.3) is 0 Å². The molecule has 2 nitrogen and oxygen atoms in total. The summed E-state index contributed by atoms with van der Waals surface area (Å²) in [5, 5.41) is 3.48. The fourth-order valence-electron chi connectivity index (χ4n) is 3.48. The topological polar surface area (TPSA) is 15.3 Å². The Morgan fingerprint density at radius 3 is 2.62 bits per heavy atom. The summed E-state index contributed by atoms with van der Waals surface area (Å²) in [6.45, 7) is 12.4. The summed E-state index contributed by atoms with van der Waals surface area (Å²) in [5.41, 5.74) is 0.572. The van der Waals surface area contributed by atoms with Gasteiger partial charge in [0, 0.05) is 12.6 Å². The molecule has 0 bridgehead atoms. The van der Waals surface area contributed by atoms with E-state index in [1.165, 1.54) is 51.9 Å². The van der Waals surface area contributed by atoms with Gasteiger partial charge in [-0.3, -0.25) is 4.90 Å². The minimum absolute atomic E-state index is 0.572. The number of rotatable bonds is 3. The van der Waals surface area contributed by atoms with Crippen molar-refractivity contribution in [2.24, 2.45) is 11.3 Å². The zero-order valence-electron chi connectivity index (χ0n) is 11.3. The van der Waals surface area contributed by atoms with Crippen LogP contribution in [0.15, 0.2) is 0 Å². The quantitative estimate of drug-likeness (QED) is 0.792. The van der Waals surface area contributed by atoms with Crippen LogP contribution in [-0.4, -0.2) is 37.1 Å². The smallest absolute Gasteiger partial charge is 0.0119 e. The number of hydrogen-bond donors (Lipinski definition) is 1. The molecular weight excluding hydrogens is 196 g/mol. The van der Waals surface area contributed by atoms with E-state index in [1.54, 1.807) is 0 Å². The van der Waals surface area contributed by atoms with E-state index in [1.807, 2.05) is 0 Å². The molecule has 16 heavy (non-hydrogen) atoms. The van der Waals surface area contributed by atoms with Crippen LogP contribution in [0, 0.1) is 11.3 Å². The fraction of sp³-hybridized carbons (Fsp3) is 1.00. The zero-order chi connectivity index (χ0) is 11.6. The predicted octanol–water partition coefficient (Wildman–Crippen LogP) is 2.50. The third-order valence-electron chi connectivity index (χ3n) is 4.58. The molecule has 1 N–H and O–H groups in total. The average Bonchev–Trinajstić information content (AvgIpc) is 2.66. The second-order valence-electron chi connectivity index (χ2n) is 6.48. The van der Waals surface area contributed by atoms with Crippen molar-refractivity contribution >= 4 is 0 Å². The molecule has 0 radical (unpaired) electrons. The predicted molar refractivity (Wildman–Crippen MR) is 69.6 cm³/mol. The minimum Gasteiger partial charge on any atom is -0.317 e. The standard InChI is InChI=1S/C14H28N2/c1-12(2)13-5-4-10-16(13)11-14(3)6-8-15-9-7-14/h12-13,15H,4-11H2,1-3H3. The Morgan fingerprint density at radius 1 is 1.31 bits per heavy atom. The fourth-order valence-corrected chi connectivity index (χ4v) is 3.48. The van der Waals surface area contributed by atoms with Gasteiger partial charge in [0.1, 0.15) is 0 Å². The number of nitrogens with one attached hydrogen (secondary N) is 1. The molecule has 2 aliphatic rings. The van der Waals surface area contributed by atoms with E-state index in [2.05, 4.69) is 31.0 Å². The van der Waals surface area contributed by atoms with Gasteiger partial charge in [-0.05, 0) is 56.7 Å². The molecule has 1 atom stereocenters. The second-order valence-corrected chi connectivity index (χ2v) is 6.48. The molecule has 94 valence electrons. The lowest BCUT2D eigenvalue weighted by Crippen LogP contribution is -2.45. The second kappa shape index (κ2) is 5.05. The molecule has 2 heterocycles. The summed E-state index contributed by atoms with van der Waals surface area (Å²) in [6.07, 6.45) is 5.55. The van der Waals surface area contributed by atoms with Crippen LogP contribution in [0.2, 0.25) is 0 Å². The summed E-state index contributed by atoms with van der Waals surface area (Å²) >= 11 is 0. The Labute approximate surface area is 101 Å². The lowest BCUT2D eigenvalue weighted by molar-refractivity contribution is 0.103. The van der Waals surface area contributed by atoms with Gasteiger partial charge in [-0.25, -0.2) is 0 Å². The van der Waals surface area contributed by atoms with E-state index >= 15 is 0 Å².